The summed E-state index contributed by atoms with van der Waals surface area (Å²) >= 11 is 6.66. The second kappa shape index (κ2) is 8.98. The monoisotopic (exact) mass is 518 g/mol. The summed E-state index contributed by atoms with van der Waals surface area (Å²) in [5, 5.41) is 30.4. The molecular formula is C24H18N6O4S2. The van der Waals surface area contributed by atoms with Crippen LogP contribution in [0.3, 0.4) is 0 Å². The summed E-state index contributed by atoms with van der Waals surface area (Å²) in [5.41, 5.74) is 2.63. The summed E-state index contributed by atoms with van der Waals surface area (Å²) in [6, 6.07) is 15.3. The second-order valence-electron chi connectivity index (χ2n) is 7.90. The van der Waals surface area contributed by atoms with E-state index in [0.717, 1.165) is 11.3 Å². The first-order valence-corrected chi connectivity index (χ1v) is 11.9. The van der Waals surface area contributed by atoms with Crippen LogP contribution in [0.2, 0.25) is 0 Å². The van der Waals surface area contributed by atoms with Crippen molar-refractivity contribution in [1.29, 1.82) is 0 Å². The Morgan fingerprint density at radius 2 is 1.92 bits per heavy atom. The highest BCUT2D eigenvalue weighted by Crippen LogP contribution is 2.33. The maximum atomic E-state index is 13.5. The van der Waals surface area contributed by atoms with E-state index in [4.69, 9.17) is 12.2 Å². The first-order chi connectivity index (χ1) is 17.3. The number of hydrogen-bond acceptors (Lipinski definition) is 8. The molecule has 1 aliphatic heterocycles. The summed E-state index contributed by atoms with van der Waals surface area (Å²) in [7, 11) is 1.76. The van der Waals surface area contributed by atoms with Crippen molar-refractivity contribution < 1.29 is 10.0 Å². The van der Waals surface area contributed by atoms with Crippen LogP contribution < -0.4 is 5.56 Å². The molecule has 2 aromatic heterocycles. The maximum absolute atomic E-state index is 13.5. The molecule has 0 saturated heterocycles. The number of hydrogen-bond donors (Lipinski definition) is 1. The topological polar surface area (TPSA) is 120 Å². The number of non-ortho nitro benzene ring substituents is 1. The Morgan fingerprint density at radius 3 is 2.64 bits per heavy atom. The van der Waals surface area contributed by atoms with Crippen LogP contribution in [0.15, 0.2) is 75.2 Å². The first kappa shape index (κ1) is 23.3. The van der Waals surface area contributed by atoms with E-state index in [0.29, 0.717) is 33.1 Å². The molecule has 4 aromatic rings. The molecule has 10 nitrogen and oxygen atoms in total. The Bertz CT molecular complexity index is 1740. The SMILES string of the molecule is Cc1c(-n2c(O)c(/C=C3/C=NN=C3c3cccc([N+](=O)[O-])c3)sc2=S)c(=O)n(-c2ccccc2)n1C. The van der Waals surface area contributed by atoms with Gasteiger partial charge < -0.3 is 5.11 Å². The molecule has 0 amide bonds. The minimum Gasteiger partial charge on any atom is -0.493 e. The molecule has 0 spiro atoms. The van der Waals surface area contributed by atoms with Gasteiger partial charge in [0.25, 0.3) is 11.2 Å². The van der Waals surface area contributed by atoms with Crippen molar-refractivity contribution in [3.05, 3.63) is 101 Å². The highest BCUT2D eigenvalue weighted by molar-refractivity contribution is 7.73. The number of nitro benzene ring substituents is 1. The van der Waals surface area contributed by atoms with E-state index in [9.17, 15) is 20.0 Å². The van der Waals surface area contributed by atoms with Crippen LogP contribution in [0.1, 0.15) is 16.1 Å². The molecular weight excluding hydrogens is 500 g/mol. The number of benzene rings is 2. The van der Waals surface area contributed by atoms with Crippen molar-refractivity contribution in [3.63, 3.8) is 0 Å². The number of allylic oxidation sites excluding steroid dienone is 1. The Kier molecular flexibility index (Phi) is 5.82. The Hall–Kier alpha value is -4.42. The zero-order chi connectivity index (χ0) is 25.6. The van der Waals surface area contributed by atoms with Gasteiger partial charge in [-0.05, 0) is 37.4 Å². The van der Waals surface area contributed by atoms with Gasteiger partial charge in [-0.15, -0.1) is 16.4 Å². The first-order valence-electron chi connectivity index (χ1n) is 10.6. The van der Waals surface area contributed by atoms with E-state index in [1.807, 2.05) is 30.3 Å². The maximum Gasteiger partial charge on any atom is 0.296 e. The van der Waals surface area contributed by atoms with Crippen LogP contribution in [0.25, 0.3) is 17.5 Å². The lowest BCUT2D eigenvalue weighted by Crippen LogP contribution is -2.21. The van der Waals surface area contributed by atoms with Crippen LogP contribution in [0.5, 0.6) is 5.88 Å². The molecule has 0 bridgehead atoms. The Labute approximate surface area is 213 Å². The fourth-order valence-electron chi connectivity index (χ4n) is 3.99. The average Bonchev–Trinajstić information content (AvgIpc) is 3.50. The Balaban J connectivity index is 1.60. The van der Waals surface area contributed by atoms with Crippen molar-refractivity contribution in [1.82, 2.24) is 13.9 Å². The molecule has 0 aliphatic carbocycles. The Morgan fingerprint density at radius 1 is 1.17 bits per heavy atom. The number of nitro groups is 1. The number of nitrogens with zero attached hydrogens (tertiary/aromatic N) is 6. The van der Waals surface area contributed by atoms with Crippen molar-refractivity contribution in [2.75, 3.05) is 0 Å². The third kappa shape index (κ3) is 3.82. The highest BCUT2D eigenvalue weighted by Gasteiger charge is 2.24. The van der Waals surface area contributed by atoms with E-state index < -0.39 is 4.92 Å². The summed E-state index contributed by atoms with van der Waals surface area (Å²) < 4.78 is 4.87. The lowest BCUT2D eigenvalue weighted by atomic mass is 10.0. The zero-order valence-corrected chi connectivity index (χ0v) is 20.7. The average molecular weight is 519 g/mol. The van der Waals surface area contributed by atoms with Gasteiger partial charge in [-0.2, -0.15) is 5.10 Å². The van der Waals surface area contributed by atoms with Gasteiger partial charge in [0.05, 0.1) is 27.4 Å². The molecule has 3 heterocycles. The molecule has 36 heavy (non-hydrogen) atoms. The summed E-state index contributed by atoms with van der Waals surface area (Å²) in [6.07, 6.45) is 3.14. The van der Waals surface area contributed by atoms with Gasteiger partial charge in [0, 0.05) is 30.3 Å². The molecule has 1 aliphatic rings. The molecule has 2 aromatic carbocycles. The fraction of sp³-hybridized carbons (Fsp3) is 0.0833. The van der Waals surface area contributed by atoms with Gasteiger partial charge in [-0.3, -0.25) is 24.2 Å². The molecule has 0 unspecified atom stereocenters. The largest absolute Gasteiger partial charge is 0.493 e. The van der Waals surface area contributed by atoms with Crippen LogP contribution >= 0.6 is 23.6 Å². The summed E-state index contributed by atoms with van der Waals surface area (Å²) in [5.74, 6) is -0.192. The fourth-order valence-corrected chi connectivity index (χ4v) is 5.26. The van der Waals surface area contributed by atoms with Gasteiger partial charge in [-0.25, -0.2) is 4.68 Å². The predicted molar refractivity (Wildman–Crippen MR) is 142 cm³/mol. The van der Waals surface area contributed by atoms with E-state index >= 15 is 0 Å². The van der Waals surface area contributed by atoms with Gasteiger partial charge in [-0.1, -0.05) is 30.3 Å². The van der Waals surface area contributed by atoms with Crippen molar-refractivity contribution >= 4 is 47.2 Å². The minimum absolute atomic E-state index is 0.0691. The predicted octanol–water partition coefficient (Wildman–Crippen LogP) is 4.55. The minimum atomic E-state index is -0.481. The summed E-state index contributed by atoms with van der Waals surface area (Å²) in [4.78, 5) is 24.5. The second-order valence-corrected chi connectivity index (χ2v) is 9.58. The van der Waals surface area contributed by atoms with Crippen LogP contribution in [-0.2, 0) is 7.05 Å². The number of para-hydroxylation sites is 1. The molecule has 0 fully saturated rings. The van der Waals surface area contributed by atoms with Gasteiger partial charge in [0.2, 0.25) is 5.88 Å². The third-order valence-electron chi connectivity index (χ3n) is 5.80. The quantitative estimate of drug-likeness (QED) is 0.236. The van der Waals surface area contributed by atoms with E-state index in [-0.39, 0.29) is 26.8 Å². The molecule has 0 saturated carbocycles. The van der Waals surface area contributed by atoms with Crippen molar-refractivity contribution in [2.24, 2.45) is 17.3 Å². The van der Waals surface area contributed by atoms with Crippen LogP contribution in [0, 0.1) is 21.0 Å². The number of aromatic nitrogens is 3. The molecule has 0 radical (unpaired) electrons. The smallest absolute Gasteiger partial charge is 0.296 e. The molecule has 5 rings (SSSR count). The molecule has 180 valence electrons. The number of thiazole rings is 1. The van der Waals surface area contributed by atoms with Crippen molar-refractivity contribution in [3.8, 4) is 17.3 Å². The third-order valence-corrected chi connectivity index (χ3v) is 7.11. The number of rotatable bonds is 5. The van der Waals surface area contributed by atoms with E-state index in [1.54, 1.807) is 36.9 Å². The summed E-state index contributed by atoms with van der Waals surface area (Å²) in [6.45, 7) is 1.78. The van der Waals surface area contributed by atoms with Gasteiger partial charge in [0.15, 0.2) is 3.95 Å². The standard InChI is InChI=1S/C24H18N6O4S2/c1-14-21(23(32)29(27(14)2)17-8-4-3-5-9-17)28-22(31)19(36-24(28)35)12-16-13-25-26-20(16)15-7-6-10-18(11-15)30(33)34/h3-13,31H,1-2H3/b16-12-. The zero-order valence-electron chi connectivity index (χ0n) is 19.0. The molecule has 0 atom stereocenters. The lowest BCUT2D eigenvalue weighted by molar-refractivity contribution is -0.384. The van der Waals surface area contributed by atoms with Gasteiger partial charge >= 0.3 is 0 Å². The molecule has 12 heteroatoms. The van der Waals surface area contributed by atoms with Crippen LogP contribution in [0.4, 0.5) is 5.69 Å². The highest BCUT2D eigenvalue weighted by atomic mass is 32.1. The van der Waals surface area contributed by atoms with Crippen LogP contribution in [-0.4, -0.2) is 35.9 Å². The van der Waals surface area contributed by atoms with E-state index in [1.165, 1.54) is 27.6 Å². The normalized spacial score (nSPS) is 13.9. The van der Waals surface area contributed by atoms with Crippen molar-refractivity contribution in [2.45, 2.75) is 6.92 Å². The number of aromatic hydroxyl groups is 1. The van der Waals surface area contributed by atoms with E-state index in [2.05, 4.69) is 10.2 Å². The van der Waals surface area contributed by atoms with Gasteiger partial charge in [0.1, 0.15) is 11.4 Å². The lowest BCUT2D eigenvalue weighted by Gasteiger charge is -2.07. The molecule has 1 N–H and O–H groups in total.